The van der Waals surface area contributed by atoms with E-state index < -0.39 is 17.1 Å². The van der Waals surface area contributed by atoms with Crippen LogP contribution in [0.3, 0.4) is 0 Å². The van der Waals surface area contributed by atoms with Crippen molar-refractivity contribution in [3.63, 3.8) is 0 Å². The van der Waals surface area contributed by atoms with Crippen molar-refractivity contribution in [3.05, 3.63) is 70.8 Å². The van der Waals surface area contributed by atoms with Crippen molar-refractivity contribution in [1.82, 2.24) is 0 Å². The van der Waals surface area contributed by atoms with Crippen LogP contribution < -0.4 is 0 Å². The first kappa shape index (κ1) is 36.8. The molecule has 5 nitrogen and oxygen atoms in total. The molecule has 2 aromatic carbocycles. The summed E-state index contributed by atoms with van der Waals surface area (Å²) in [6.07, 6.45) is 12.1. The van der Waals surface area contributed by atoms with Crippen LogP contribution in [-0.2, 0) is 30.3 Å². The molecule has 246 valence electrons. The average molecular weight is 627 g/mol. The van der Waals surface area contributed by atoms with E-state index in [0.29, 0.717) is 33.0 Å². The summed E-state index contributed by atoms with van der Waals surface area (Å²) >= 11 is 1.52. The smallest absolute Gasteiger partial charge is 0.165 e. The highest BCUT2D eigenvalue weighted by Crippen LogP contribution is 2.50. The number of aliphatic hydroxyl groups is 1. The fraction of sp³-hybridized carbons (Fsp3) is 0.632. The summed E-state index contributed by atoms with van der Waals surface area (Å²) in [6.45, 7) is 13.9. The van der Waals surface area contributed by atoms with Gasteiger partial charge >= 0.3 is 0 Å². The second-order valence-corrected chi connectivity index (χ2v) is 13.3. The Bertz CT molecular complexity index is 1070. The number of hydrogen-bond donors (Lipinski definition) is 1. The molecule has 0 saturated carbocycles. The maximum atomic E-state index is 12.8. The first-order valence-electron chi connectivity index (χ1n) is 17.2. The zero-order valence-electron chi connectivity index (χ0n) is 28.0. The van der Waals surface area contributed by atoms with Crippen LogP contribution in [0.25, 0.3) is 12.2 Å². The van der Waals surface area contributed by atoms with Crippen molar-refractivity contribution >= 4 is 23.9 Å². The van der Waals surface area contributed by atoms with Crippen LogP contribution in [0.5, 0.6) is 0 Å². The van der Waals surface area contributed by atoms with E-state index in [1.165, 1.54) is 17.3 Å². The molecule has 3 rings (SSSR count). The highest BCUT2D eigenvalue weighted by molar-refractivity contribution is 8.00. The third-order valence-electron chi connectivity index (χ3n) is 8.20. The molecule has 44 heavy (non-hydrogen) atoms. The fourth-order valence-corrected chi connectivity index (χ4v) is 6.97. The van der Waals surface area contributed by atoms with Crippen molar-refractivity contribution in [3.8, 4) is 0 Å². The monoisotopic (exact) mass is 626 g/mol. The van der Waals surface area contributed by atoms with Crippen molar-refractivity contribution in [2.75, 3.05) is 33.0 Å². The average Bonchev–Trinajstić information content (AvgIpc) is 3.05. The molecule has 1 N–H and O–H groups in total. The minimum Gasteiger partial charge on any atom is -0.380 e. The second-order valence-electron chi connectivity index (χ2n) is 11.9. The molecule has 1 aliphatic heterocycles. The molecule has 1 fully saturated rings. The highest BCUT2D eigenvalue weighted by Gasteiger charge is 2.56. The Kier molecular flexibility index (Phi) is 17.1. The maximum Gasteiger partial charge on any atom is 0.165 e. The van der Waals surface area contributed by atoms with Crippen molar-refractivity contribution in [2.24, 2.45) is 0 Å². The molecule has 0 aliphatic carbocycles. The van der Waals surface area contributed by atoms with E-state index in [4.69, 9.17) is 18.9 Å². The van der Waals surface area contributed by atoms with Gasteiger partial charge < -0.3 is 24.1 Å². The summed E-state index contributed by atoms with van der Waals surface area (Å²) in [5.74, 6) is 0. The zero-order chi connectivity index (χ0) is 31.6. The number of benzene rings is 2. The second kappa shape index (κ2) is 20.5. The molecule has 0 amide bonds. The van der Waals surface area contributed by atoms with Crippen LogP contribution in [0.4, 0.5) is 0 Å². The predicted molar refractivity (Wildman–Crippen MR) is 186 cm³/mol. The molecule has 0 bridgehead atoms. The summed E-state index contributed by atoms with van der Waals surface area (Å²) in [7, 11) is 0. The topological polar surface area (TPSA) is 57.2 Å². The Morgan fingerprint density at radius 2 is 1.30 bits per heavy atom. The third kappa shape index (κ3) is 11.0. The number of aryl methyl sites for hydroxylation is 1. The van der Waals surface area contributed by atoms with Crippen LogP contribution >= 0.6 is 11.8 Å². The van der Waals surface area contributed by atoms with Gasteiger partial charge in [0.05, 0.1) is 11.9 Å². The van der Waals surface area contributed by atoms with Gasteiger partial charge in [-0.3, -0.25) is 0 Å². The molecule has 2 aromatic rings. The molecule has 1 aliphatic rings. The van der Waals surface area contributed by atoms with Gasteiger partial charge in [-0.25, -0.2) is 0 Å². The SMILES string of the molecule is CCCCOC[C@H]1SC(O)(c2cccc(C=Cc3ccc(CC)cc3)c2)[C@H](OCCCC)[C@@H](OCCCC)[C@@H]1OCCCC. The van der Waals surface area contributed by atoms with Crippen LogP contribution in [0.15, 0.2) is 48.5 Å². The van der Waals surface area contributed by atoms with Crippen molar-refractivity contribution in [2.45, 2.75) is 121 Å². The molecule has 1 unspecified atom stereocenters. The standard InChI is InChI=1S/C38H58O5S/c1-6-11-24-40-29-34-35(41-25-12-7-2)36(42-26-13-8-3)37(43-27-14-9-4)38(39,44-34)33-17-15-16-32(28-33)23-22-31-20-18-30(10-5)19-21-31/h15-23,28,34-37,39H,6-14,24-27,29H2,1-5H3/t34-,35-,36+,37-,38?/m1/s1. The van der Waals surface area contributed by atoms with Gasteiger partial charge in [-0.05, 0) is 60.4 Å². The Balaban J connectivity index is 2.00. The number of thioether (sulfide) groups is 1. The van der Waals surface area contributed by atoms with Crippen LogP contribution in [-0.4, -0.2) is 61.7 Å². The quantitative estimate of drug-likeness (QED) is 0.110. The predicted octanol–water partition coefficient (Wildman–Crippen LogP) is 9.05. The van der Waals surface area contributed by atoms with Gasteiger partial charge in [0.15, 0.2) is 4.93 Å². The molecule has 6 heteroatoms. The van der Waals surface area contributed by atoms with Gasteiger partial charge in [0.1, 0.15) is 18.3 Å². The largest absolute Gasteiger partial charge is 0.380 e. The van der Waals surface area contributed by atoms with E-state index >= 15 is 0 Å². The molecule has 0 radical (unpaired) electrons. The van der Waals surface area contributed by atoms with Gasteiger partial charge in [0.25, 0.3) is 0 Å². The third-order valence-corrected chi connectivity index (χ3v) is 9.73. The van der Waals surface area contributed by atoms with E-state index in [1.807, 2.05) is 12.1 Å². The van der Waals surface area contributed by atoms with E-state index in [1.54, 1.807) is 0 Å². The molecule has 5 atom stereocenters. The lowest BCUT2D eigenvalue weighted by atomic mass is 9.92. The van der Waals surface area contributed by atoms with E-state index in [0.717, 1.165) is 74.5 Å². The number of rotatable bonds is 21. The zero-order valence-corrected chi connectivity index (χ0v) is 28.8. The molecular formula is C38H58O5S. The molecule has 0 aromatic heterocycles. The first-order chi connectivity index (χ1) is 21.5. The summed E-state index contributed by atoms with van der Waals surface area (Å²) in [6, 6.07) is 16.9. The van der Waals surface area contributed by atoms with Crippen molar-refractivity contribution in [1.29, 1.82) is 0 Å². The van der Waals surface area contributed by atoms with E-state index in [2.05, 4.69) is 83.2 Å². The molecular weight excluding hydrogens is 568 g/mol. The maximum absolute atomic E-state index is 12.8. The van der Waals surface area contributed by atoms with Crippen LogP contribution in [0, 0.1) is 0 Å². The number of unbranched alkanes of at least 4 members (excludes halogenated alkanes) is 4. The Morgan fingerprint density at radius 1 is 0.705 bits per heavy atom. The normalized spacial score (nSPS) is 23.9. The lowest BCUT2D eigenvalue weighted by Gasteiger charge is -2.50. The molecule has 0 spiro atoms. The van der Waals surface area contributed by atoms with E-state index in [-0.39, 0.29) is 11.4 Å². The highest BCUT2D eigenvalue weighted by atomic mass is 32.2. The van der Waals surface area contributed by atoms with E-state index in [9.17, 15) is 5.11 Å². The minimum absolute atomic E-state index is 0.109. The van der Waals surface area contributed by atoms with Gasteiger partial charge in [0, 0.05) is 26.4 Å². The number of hydrogen-bond acceptors (Lipinski definition) is 6. The summed E-state index contributed by atoms with van der Waals surface area (Å²) in [5, 5.41) is 12.7. The van der Waals surface area contributed by atoms with Gasteiger partial charge in [-0.2, -0.15) is 0 Å². The Morgan fingerprint density at radius 3 is 1.93 bits per heavy atom. The van der Waals surface area contributed by atoms with Gasteiger partial charge in [-0.15, -0.1) is 11.8 Å². The van der Waals surface area contributed by atoms with Crippen LogP contribution in [0.1, 0.15) is 108 Å². The lowest BCUT2D eigenvalue weighted by Crippen LogP contribution is -2.61. The number of ether oxygens (including phenoxy) is 4. The summed E-state index contributed by atoms with van der Waals surface area (Å²) in [5.41, 5.74) is 4.33. The van der Waals surface area contributed by atoms with Crippen molar-refractivity contribution < 1.29 is 24.1 Å². The molecule has 1 heterocycles. The Labute approximate surface area is 272 Å². The molecule has 1 saturated heterocycles. The van der Waals surface area contributed by atoms with Crippen LogP contribution in [0.2, 0.25) is 0 Å². The summed E-state index contributed by atoms with van der Waals surface area (Å²) in [4.78, 5) is -1.33. The Hall–Kier alpha value is -1.67. The fourth-order valence-electron chi connectivity index (χ4n) is 5.37. The minimum atomic E-state index is -1.33. The van der Waals surface area contributed by atoms with Gasteiger partial charge in [-0.1, -0.05) is 115 Å². The van der Waals surface area contributed by atoms with Gasteiger partial charge in [0.2, 0.25) is 0 Å². The lowest BCUT2D eigenvalue weighted by molar-refractivity contribution is -0.190. The first-order valence-corrected chi connectivity index (χ1v) is 18.1. The summed E-state index contributed by atoms with van der Waals surface area (Å²) < 4.78 is 26.1.